The van der Waals surface area contributed by atoms with E-state index in [0.29, 0.717) is 17.5 Å². The van der Waals surface area contributed by atoms with Crippen LogP contribution in [0.25, 0.3) is 106 Å². The molecule has 0 spiro atoms. The fourth-order valence-corrected chi connectivity index (χ4v) is 8.04. The Labute approximate surface area is 322 Å². The minimum atomic E-state index is 0.570. The van der Waals surface area contributed by atoms with Crippen molar-refractivity contribution >= 4 is 43.7 Å². The van der Waals surface area contributed by atoms with E-state index in [9.17, 15) is 0 Å². The molecule has 0 saturated carbocycles. The number of fused-ring (bicyclic) bond motifs is 6. The minimum Gasteiger partial charge on any atom is -0.456 e. The Bertz CT molecular complexity index is 3240. The maximum absolute atomic E-state index is 6.33. The summed E-state index contributed by atoms with van der Waals surface area (Å²) in [4.78, 5) is 15.7. The third-order valence-corrected chi connectivity index (χ3v) is 10.7. The fraction of sp³-hybridized carbons (Fsp3) is 0. The Morgan fingerprint density at radius 1 is 0.321 bits per heavy atom. The first-order chi connectivity index (χ1) is 27.8. The Hall–Kier alpha value is -7.63. The van der Waals surface area contributed by atoms with Gasteiger partial charge in [-0.15, -0.1) is 0 Å². The number of hydrogen-bond acceptors (Lipinski definition) is 4. The molecule has 0 fully saturated rings. The summed E-state index contributed by atoms with van der Waals surface area (Å²) >= 11 is 0. The monoisotopic (exact) mass is 716 g/mol. The second-order valence-electron chi connectivity index (χ2n) is 14.0. The van der Waals surface area contributed by atoms with Gasteiger partial charge in [-0.05, 0) is 53.1 Å². The first-order valence-corrected chi connectivity index (χ1v) is 18.8. The number of furan rings is 1. The largest absolute Gasteiger partial charge is 0.456 e. The lowest BCUT2D eigenvalue weighted by molar-refractivity contribution is 0.669. The second kappa shape index (κ2) is 13.0. The van der Waals surface area contributed by atoms with Gasteiger partial charge in [0, 0.05) is 43.8 Å². The summed E-state index contributed by atoms with van der Waals surface area (Å²) in [6.45, 7) is 0. The van der Waals surface area contributed by atoms with Crippen molar-refractivity contribution in [2.24, 2.45) is 0 Å². The molecule has 0 N–H and O–H groups in total. The molecule has 8 aromatic carbocycles. The highest BCUT2D eigenvalue weighted by Gasteiger charge is 2.23. The summed E-state index contributed by atoms with van der Waals surface area (Å²) in [6, 6.07) is 67.5. The maximum atomic E-state index is 6.33. The van der Waals surface area contributed by atoms with Crippen molar-refractivity contribution in [2.45, 2.75) is 0 Å². The van der Waals surface area contributed by atoms with Gasteiger partial charge in [-0.25, -0.2) is 15.0 Å². The van der Waals surface area contributed by atoms with E-state index < -0.39 is 0 Å². The van der Waals surface area contributed by atoms with Crippen LogP contribution in [0, 0.1) is 0 Å². The second-order valence-corrected chi connectivity index (χ2v) is 14.0. The Morgan fingerprint density at radius 3 is 1.66 bits per heavy atom. The smallest absolute Gasteiger partial charge is 0.166 e. The molecule has 11 aromatic rings. The fourth-order valence-electron chi connectivity index (χ4n) is 8.04. The van der Waals surface area contributed by atoms with Crippen LogP contribution in [0.5, 0.6) is 0 Å². The standard InChI is InChI=1S/C51H32N4O/c1-4-15-33(16-5-1)36-27-29-40-39-21-10-12-25-44(39)55(45(40)31-36)48-38(34-17-6-2-7-18-34)23-14-24-43(48)51-53-49(35-19-8-3-9-20-35)52-50(54-51)37-28-30-42-41-22-11-13-26-46(41)56-47(42)32-37/h1-32H. The molecule has 0 aliphatic heterocycles. The molecule has 3 heterocycles. The van der Waals surface area contributed by atoms with E-state index in [-0.39, 0.29) is 0 Å². The van der Waals surface area contributed by atoms with Gasteiger partial charge in [-0.2, -0.15) is 0 Å². The zero-order valence-electron chi connectivity index (χ0n) is 30.2. The molecule has 3 aromatic heterocycles. The van der Waals surface area contributed by atoms with Crippen molar-refractivity contribution in [3.63, 3.8) is 0 Å². The summed E-state index contributed by atoms with van der Waals surface area (Å²) in [5.74, 6) is 1.75. The van der Waals surface area contributed by atoms with Crippen LogP contribution in [0.1, 0.15) is 0 Å². The lowest BCUT2D eigenvalue weighted by Gasteiger charge is -2.19. The number of benzene rings is 8. The SMILES string of the molecule is c1ccc(-c2ccc3c4ccccc4n(-c4c(-c5ccccc5)cccc4-c4nc(-c5ccccc5)nc(-c5ccc6c(c5)oc5ccccc56)n4)c3c2)cc1. The van der Waals surface area contributed by atoms with E-state index in [1.165, 1.54) is 16.3 Å². The lowest BCUT2D eigenvalue weighted by Crippen LogP contribution is -2.05. The molecular formula is C51H32N4O. The van der Waals surface area contributed by atoms with Crippen molar-refractivity contribution in [3.8, 4) is 62.1 Å². The van der Waals surface area contributed by atoms with E-state index in [1.54, 1.807) is 0 Å². The maximum Gasteiger partial charge on any atom is 0.166 e. The third-order valence-electron chi connectivity index (χ3n) is 10.7. The normalized spacial score (nSPS) is 11.6. The van der Waals surface area contributed by atoms with E-state index >= 15 is 0 Å². The van der Waals surface area contributed by atoms with Crippen molar-refractivity contribution in [2.75, 3.05) is 0 Å². The average molecular weight is 717 g/mol. The predicted octanol–water partition coefficient (Wildman–Crippen LogP) is 13.2. The van der Waals surface area contributed by atoms with Gasteiger partial charge < -0.3 is 8.98 Å². The summed E-state index contributed by atoms with van der Waals surface area (Å²) in [7, 11) is 0. The summed E-state index contributed by atoms with van der Waals surface area (Å²) in [5, 5.41) is 4.49. The van der Waals surface area contributed by atoms with Crippen LogP contribution in [0.15, 0.2) is 199 Å². The number of rotatable bonds is 6. The van der Waals surface area contributed by atoms with Gasteiger partial charge in [0.25, 0.3) is 0 Å². The Morgan fingerprint density at radius 2 is 0.875 bits per heavy atom. The average Bonchev–Trinajstić information content (AvgIpc) is 3.82. The highest BCUT2D eigenvalue weighted by molar-refractivity contribution is 6.11. The van der Waals surface area contributed by atoms with Gasteiger partial charge in [-0.1, -0.05) is 158 Å². The van der Waals surface area contributed by atoms with Gasteiger partial charge in [0.1, 0.15) is 11.2 Å². The van der Waals surface area contributed by atoms with Crippen LogP contribution in [-0.4, -0.2) is 19.5 Å². The minimum absolute atomic E-state index is 0.570. The van der Waals surface area contributed by atoms with E-state index in [4.69, 9.17) is 19.4 Å². The van der Waals surface area contributed by atoms with Gasteiger partial charge in [-0.3, -0.25) is 0 Å². The van der Waals surface area contributed by atoms with Crippen LogP contribution in [0.3, 0.4) is 0 Å². The number of para-hydroxylation sites is 3. The van der Waals surface area contributed by atoms with Gasteiger partial charge in [0.05, 0.1) is 16.7 Å². The van der Waals surface area contributed by atoms with E-state index in [0.717, 1.165) is 72.0 Å². The highest BCUT2D eigenvalue weighted by Crippen LogP contribution is 2.42. The van der Waals surface area contributed by atoms with Gasteiger partial charge >= 0.3 is 0 Å². The topological polar surface area (TPSA) is 56.7 Å². The number of aromatic nitrogens is 4. The van der Waals surface area contributed by atoms with Crippen molar-refractivity contribution in [1.29, 1.82) is 0 Å². The first kappa shape index (κ1) is 31.9. The van der Waals surface area contributed by atoms with Crippen LogP contribution >= 0.6 is 0 Å². The van der Waals surface area contributed by atoms with E-state index in [1.807, 2.05) is 54.6 Å². The molecule has 0 saturated heterocycles. The molecule has 0 atom stereocenters. The van der Waals surface area contributed by atoms with Crippen LogP contribution < -0.4 is 0 Å². The van der Waals surface area contributed by atoms with Crippen LogP contribution in [0.2, 0.25) is 0 Å². The molecule has 56 heavy (non-hydrogen) atoms. The zero-order valence-corrected chi connectivity index (χ0v) is 30.2. The molecule has 0 bridgehead atoms. The van der Waals surface area contributed by atoms with Crippen molar-refractivity contribution in [3.05, 3.63) is 194 Å². The first-order valence-electron chi connectivity index (χ1n) is 18.8. The third kappa shape index (κ3) is 5.29. The predicted molar refractivity (Wildman–Crippen MR) is 229 cm³/mol. The summed E-state index contributed by atoms with van der Waals surface area (Å²) < 4.78 is 8.73. The molecule has 0 radical (unpaired) electrons. The summed E-state index contributed by atoms with van der Waals surface area (Å²) in [5.41, 5.74) is 12.0. The lowest BCUT2D eigenvalue weighted by atomic mass is 9.98. The molecule has 11 rings (SSSR count). The zero-order chi connectivity index (χ0) is 37.0. The Balaban J connectivity index is 1.22. The Kier molecular flexibility index (Phi) is 7.42. The van der Waals surface area contributed by atoms with Crippen molar-refractivity contribution < 1.29 is 4.42 Å². The molecule has 5 heteroatoms. The molecule has 0 aliphatic rings. The number of nitrogens with zero attached hydrogens (tertiary/aromatic N) is 4. The molecule has 262 valence electrons. The van der Waals surface area contributed by atoms with Gasteiger partial charge in [0.15, 0.2) is 17.5 Å². The summed E-state index contributed by atoms with van der Waals surface area (Å²) in [6.07, 6.45) is 0. The van der Waals surface area contributed by atoms with Crippen LogP contribution in [-0.2, 0) is 0 Å². The van der Waals surface area contributed by atoms with Gasteiger partial charge in [0.2, 0.25) is 0 Å². The molecule has 5 nitrogen and oxygen atoms in total. The molecular weight excluding hydrogens is 685 g/mol. The molecule has 0 amide bonds. The quantitative estimate of drug-likeness (QED) is 0.172. The van der Waals surface area contributed by atoms with E-state index in [2.05, 4.69) is 144 Å². The molecule has 0 unspecified atom stereocenters. The highest BCUT2D eigenvalue weighted by atomic mass is 16.3. The molecule has 0 aliphatic carbocycles. The van der Waals surface area contributed by atoms with Crippen LogP contribution in [0.4, 0.5) is 0 Å². The van der Waals surface area contributed by atoms with Crippen molar-refractivity contribution in [1.82, 2.24) is 19.5 Å². The number of hydrogen-bond donors (Lipinski definition) is 0.